The van der Waals surface area contributed by atoms with Crippen LogP contribution in [0.4, 0.5) is 8.78 Å². The monoisotopic (exact) mass is 291 g/mol. The van der Waals surface area contributed by atoms with Gasteiger partial charge in [0.25, 0.3) is 0 Å². The van der Waals surface area contributed by atoms with Gasteiger partial charge in [0.15, 0.2) is 0 Å². The van der Waals surface area contributed by atoms with Gasteiger partial charge in [-0.25, -0.2) is 8.78 Å². The van der Waals surface area contributed by atoms with Gasteiger partial charge < -0.3 is 10.1 Å². The Hall–Kier alpha value is -1.94. The van der Waals surface area contributed by atoms with E-state index in [1.165, 1.54) is 19.2 Å². The van der Waals surface area contributed by atoms with Crippen molar-refractivity contribution in [1.82, 2.24) is 5.32 Å². The van der Waals surface area contributed by atoms with Gasteiger partial charge in [-0.05, 0) is 37.6 Å². The van der Waals surface area contributed by atoms with E-state index in [1.807, 2.05) is 13.0 Å². The molecule has 2 aromatic carbocycles. The summed E-state index contributed by atoms with van der Waals surface area (Å²) in [4.78, 5) is 0. The molecule has 0 aromatic heterocycles. The molecule has 0 heterocycles. The summed E-state index contributed by atoms with van der Waals surface area (Å²) < 4.78 is 32.4. The Morgan fingerprint density at radius 1 is 1.10 bits per heavy atom. The molecular weight excluding hydrogens is 272 g/mol. The third kappa shape index (κ3) is 4.02. The van der Waals surface area contributed by atoms with E-state index in [-0.39, 0.29) is 17.7 Å². The molecule has 0 fully saturated rings. The van der Waals surface area contributed by atoms with Gasteiger partial charge in [0.05, 0.1) is 7.11 Å². The van der Waals surface area contributed by atoms with E-state index in [4.69, 9.17) is 4.74 Å². The molecule has 0 spiro atoms. The van der Waals surface area contributed by atoms with E-state index >= 15 is 0 Å². The fourth-order valence-electron chi connectivity index (χ4n) is 2.22. The number of ether oxygens (including phenoxy) is 1. The zero-order valence-electron chi connectivity index (χ0n) is 12.2. The molecular formula is C17H19F2NO. The molecule has 112 valence electrons. The molecule has 1 N–H and O–H groups in total. The van der Waals surface area contributed by atoms with Crippen molar-refractivity contribution >= 4 is 0 Å². The molecule has 0 radical (unpaired) electrons. The van der Waals surface area contributed by atoms with Gasteiger partial charge in [-0.1, -0.05) is 24.3 Å². The average molecular weight is 291 g/mol. The van der Waals surface area contributed by atoms with Crippen LogP contribution in [0.25, 0.3) is 0 Å². The molecule has 2 nitrogen and oxygen atoms in total. The molecule has 0 bridgehead atoms. The van der Waals surface area contributed by atoms with Crippen LogP contribution in [0.1, 0.15) is 24.1 Å². The molecule has 0 amide bonds. The highest BCUT2D eigenvalue weighted by Crippen LogP contribution is 2.21. The number of methoxy groups -OCH3 is 1. The van der Waals surface area contributed by atoms with E-state index < -0.39 is 0 Å². The first-order chi connectivity index (χ1) is 10.1. The number of rotatable bonds is 6. The second-order valence-electron chi connectivity index (χ2n) is 4.90. The van der Waals surface area contributed by atoms with Crippen molar-refractivity contribution in [3.63, 3.8) is 0 Å². The lowest BCUT2D eigenvalue weighted by molar-refractivity contribution is 0.409. The van der Waals surface area contributed by atoms with Gasteiger partial charge in [0.2, 0.25) is 0 Å². The van der Waals surface area contributed by atoms with Crippen molar-refractivity contribution in [1.29, 1.82) is 0 Å². The maximum atomic E-state index is 13.9. The molecule has 2 aromatic rings. The van der Waals surface area contributed by atoms with Gasteiger partial charge >= 0.3 is 0 Å². The lowest BCUT2D eigenvalue weighted by Gasteiger charge is -2.16. The van der Waals surface area contributed by atoms with E-state index in [0.29, 0.717) is 29.8 Å². The highest BCUT2D eigenvalue weighted by Gasteiger charge is 2.11. The second-order valence-corrected chi connectivity index (χ2v) is 4.90. The van der Waals surface area contributed by atoms with Crippen molar-refractivity contribution < 1.29 is 13.5 Å². The molecule has 2 rings (SSSR count). The van der Waals surface area contributed by atoms with E-state index in [9.17, 15) is 8.78 Å². The lowest BCUT2D eigenvalue weighted by Crippen LogP contribution is -2.22. The third-order valence-electron chi connectivity index (χ3n) is 3.48. The Kier molecular flexibility index (Phi) is 5.28. The topological polar surface area (TPSA) is 21.3 Å². The number of hydrogen-bond acceptors (Lipinski definition) is 2. The van der Waals surface area contributed by atoms with E-state index in [1.54, 1.807) is 24.3 Å². The fourth-order valence-corrected chi connectivity index (χ4v) is 2.22. The standard InChI is InChI=1S/C17H19F2NO/c1-12(15-8-7-14(21-2)11-17(15)19)20-10-9-13-5-3-4-6-16(13)18/h3-8,11-12,20H,9-10H2,1-2H3. The largest absolute Gasteiger partial charge is 0.497 e. The van der Waals surface area contributed by atoms with Gasteiger partial charge in [-0.3, -0.25) is 0 Å². The summed E-state index contributed by atoms with van der Waals surface area (Å²) in [7, 11) is 1.50. The van der Waals surface area contributed by atoms with Crippen LogP contribution >= 0.6 is 0 Å². The Morgan fingerprint density at radius 2 is 1.86 bits per heavy atom. The van der Waals surface area contributed by atoms with Crippen molar-refractivity contribution in [2.24, 2.45) is 0 Å². The highest BCUT2D eigenvalue weighted by atomic mass is 19.1. The Balaban J connectivity index is 1.93. The maximum absolute atomic E-state index is 13.9. The number of benzene rings is 2. The van der Waals surface area contributed by atoms with Crippen LogP contribution < -0.4 is 10.1 Å². The van der Waals surface area contributed by atoms with Crippen LogP contribution in [0, 0.1) is 11.6 Å². The second kappa shape index (κ2) is 7.18. The summed E-state index contributed by atoms with van der Waals surface area (Å²) in [5, 5.41) is 3.21. The van der Waals surface area contributed by atoms with Gasteiger partial charge in [-0.2, -0.15) is 0 Å². The first-order valence-corrected chi connectivity index (χ1v) is 6.92. The number of halogens is 2. The van der Waals surface area contributed by atoms with E-state index in [0.717, 1.165) is 0 Å². The van der Waals surface area contributed by atoms with Crippen LogP contribution in [0.15, 0.2) is 42.5 Å². The molecule has 4 heteroatoms. The zero-order valence-corrected chi connectivity index (χ0v) is 12.2. The summed E-state index contributed by atoms with van der Waals surface area (Å²) in [6.45, 7) is 2.46. The Morgan fingerprint density at radius 3 is 2.52 bits per heavy atom. The molecule has 1 unspecified atom stereocenters. The first kappa shape index (κ1) is 15.4. The molecule has 1 atom stereocenters. The van der Waals surface area contributed by atoms with Crippen LogP contribution in [-0.2, 0) is 6.42 Å². The van der Waals surface area contributed by atoms with Crippen LogP contribution in [0.2, 0.25) is 0 Å². The lowest BCUT2D eigenvalue weighted by atomic mass is 10.1. The van der Waals surface area contributed by atoms with Crippen molar-refractivity contribution in [3.05, 3.63) is 65.2 Å². The predicted octanol–water partition coefficient (Wildman–Crippen LogP) is 3.87. The predicted molar refractivity (Wildman–Crippen MR) is 79.5 cm³/mol. The zero-order chi connectivity index (χ0) is 15.2. The van der Waals surface area contributed by atoms with Gasteiger partial charge in [0.1, 0.15) is 17.4 Å². The van der Waals surface area contributed by atoms with Crippen LogP contribution in [0.5, 0.6) is 5.75 Å². The van der Waals surface area contributed by atoms with Crippen molar-refractivity contribution in [2.45, 2.75) is 19.4 Å². The normalized spacial score (nSPS) is 12.2. The average Bonchev–Trinajstić information content (AvgIpc) is 2.48. The smallest absolute Gasteiger partial charge is 0.131 e. The van der Waals surface area contributed by atoms with Crippen molar-refractivity contribution in [2.75, 3.05) is 13.7 Å². The quantitative estimate of drug-likeness (QED) is 0.872. The highest BCUT2D eigenvalue weighted by molar-refractivity contribution is 5.30. The fraction of sp³-hybridized carbons (Fsp3) is 0.294. The summed E-state index contributed by atoms with van der Waals surface area (Å²) in [6, 6.07) is 11.3. The molecule has 0 aliphatic rings. The summed E-state index contributed by atoms with van der Waals surface area (Å²) >= 11 is 0. The molecule has 0 aliphatic heterocycles. The molecule has 0 aliphatic carbocycles. The SMILES string of the molecule is COc1ccc(C(C)NCCc2ccccc2F)c(F)c1. The maximum Gasteiger partial charge on any atom is 0.131 e. The molecule has 21 heavy (non-hydrogen) atoms. The molecule has 0 saturated carbocycles. The van der Waals surface area contributed by atoms with E-state index in [2.05, 4.69) is 5.32 Å². The minimum atomic E-state index is -0.305. The van der Waals surface area contributed by atoms with Crippen LogP contribution in [0.3, 0.4) is 0 Å². The minimum absolute atomic E-state index is 0.150. The minimum Gasteiger partial charge on any atom is -0.497 e. The molecule has 0 saturated heterocycles. The van der Waals surface area contributed by atoms with Crippen LogP contribution in [-0.4, -0.2) is 13.7 Å². The summed E-state index contributed by atoms with van der Waals surface area (Å²) in [5.74, 6) is -0.0161. The third-order valence-corrected chi connectivity index (χ3v) is 3.48. The number of nitrogens with one attached hydrogen (secondary N) is 1. The Labute approximate surface area is 123 Å². The Bertz CT molecular complexity index is 601. The van der Waals surface area contributed by atoms with Gasteiger partial charge in [-0.15, -0.1) is 0 Å². The van der Waals surface area contributed by atoms with Crippen molar-refractivity contribution in [3.8, 4) is 5.75 Å². The first-order valence-electron chi connectivity index (χ1n) is 6.92. The van der Waals surface area contributed by atoms with Gasteiger partial charge in [0, 0.05) is 17.7 Å². The summed E-state index contributed by atoms with van der Waals surface area (Å²) in [6.07, 6.45) is 0.564. The summed E-state index contributed by atoms with van der Waals surface area (Å²) in [5.41, 5.74) is 1.23. The number of hydrogen-bond donors (Lipinski definition) is 1.